The Morgan fingerprint density at radius 2 is 1.79 bits per heavy atom. The number of nitrogens with zero attached hydrogens (tertiary/aromatic N) is 4. The molecule has 0 unspecified atom stereocenters. The van der Waals surface area contributed by atoms with Crippen molar-refractivity contribution in [1.82, 2.24) is 15.0 Å². The van der Waals surface area contributed by atoms with E-state index in [1.54, 1.807) is 7.11 Å². The lowest BCUT2D eigenvalue weighted by Gasteiger charge is -2.17. The van der Waals surface area contributed by atoms with Crippen LogP contribution in [0.4, 0.5) is 11.6 Å². The first-order valence-electron chi connectivity index (χ1n) is 9.37. The number of hydrogen-bond acceptors (Lipinski definition) is 6. The summed E-state index contributed by atoms with van der Waals surface area (Å²) in [6.45, 7) is 2.75. The fraction of sp³-hybridized carbons (Fsp3) is 0.174. The van der Waals surface area contributed by atoms with Gasteiger partial charge in [0.05, 0.1) is 7.11 Å². The number of rotatable bonds is 5. The van der Waals surface area contributed by atoms with Crippen molar-refractivity contribution in [1.29, 1.82) is 0 Å². The number of fused-ring (bicyclic) bond motifs is 1. The molecule has 0 saturated heterocycles. The second-order valence-electron chi connectivity index (χ2n) is 7.09. The quantitative estimate of drug-likeness (QED) is 0.518. The third kappa shape index (κ3) is 3.96. The normalized spacial score (nSPS) is 10.9. The summed E-state index contributed by atoms with van der Waals surface area (Å²) in [6, 6.07) is 15.9. The topological polar surface area (TPSA) is 77.2 Å². The van der Waals surface area contributed by atoms with E-state index in [0.717, 1.165) is 39.1 Å². The highest BCUT2D eigenvalue weighted by Gasteiger charge is 2.10. The number of nitrogens with two attached hydrogens (primary N) is 1. The van der Waals surface area contributed by atoms with Crippen LogP contribution in [0.3, 0.4) is 0 Å². The largest absolute Gasteiger partial charge is 0.497 e. The van der Waals surface area contributed by atoms with Gasteiger partial charge in [0.1, 0.15) is 5.75 Å². The van der Waals surface area contributed by atoms with Crippen LogP contribution < -0.4 is 15.4 Å². The molecule has 0 spiro atoms. The molecule has 4 aromatic rings. The Bertz CT molecular complexity index is 1160. The zero-order valence-corrected chi connectivity index (χ0v) is 16.8. The van der Waals surface area contributed by atoms with E-state index in [4.69, 9.17) is 10.5 Å². The van der Waals surface area contributed by atoms with E-state index >= 15 is 0 Å². The van der Waals surface area contributed by atoms with Crippen LogP contribution in [-0.2, 0) is 6.54 Å². The van der Waals surface area contributed by atoms with Crippen LogP contribution in [0.5, 0.6) is 5.75 Å². The summed E-state index contributed by atoms with van der Waals surface area (Å²) in [7, 11) is 3.63. The fourth-order valence-electron chi connectivity index (χ4n) is 3.27. The lowest BCUT2D eigenvalue weighted by atomic mass is 10.0. The summed E-state index contributed by atoms with van der Waals surface area (Å²) < 4.78 is 5.21. The van der Waals surface area contributed by atoms with E-state index in [-0.39, 0.29) is 0 Å². The Hall–Kier alpha value is -3.67. The number of anilines is 2. The summed E-state index contributed by atoms with van der Waals surface area (Å²) >= 11 is 0. The van der Waals surface area contributed by atoms with Gasteiger partial charge in [-0.25, -0.2) is 9.97 Å². The molecule has 0 amide bonds. The number of benzene rings is 2. The number of aryl methyl sites for hydroxylation is 1. The first-order chi connectivity index (χ1) is 14.0. The Kier molecular flexibility index (Phi) is 4.99. The van der Waals surface area contributed by atoms with Gasteiger partial charge in [0.25, 0.3) is 0 Å². The molecule has 4 rings (SSSR count). The Balaban J connectivity index is 1.60. The minimum Gasteiger partial charge on any atom is -0.497 e. The molecule has 2 aromatic heterocycles. The molecule has 2 heterocycles. The average molecular weight is 385 g/mol. The molecule has 29 heavy (non-hydrogen) atoms. The summed E-state index contributed by atoms with van der Waals surface area (Å²) in [5, 5.41) is 0.894. The molecule has 0 atom stereocenters. The summed E-state index contributed by atoms with van der Waals surface area (Å²) in [5.74, 6) is 1.47. The first-order valence-corrected chi connectivity index (χ1v) is 9.37. The Morgan fingerprint density at radius 3 is 2.55 bits per heavy atom. The second-order valence-corrected chi connectivity index (χ2v) is 7.09. The lowest BCUT2D eigenvalue weighted by Crippen LogP contribution is -2.19. The molecule has 6 heteroatoms. The molecule has 0 saturated carbocycles. The number of pyridine rings is 1. The van der Waals surface area contributed by atoms with Gasteiger partial charge < -0.3 is 15.4 Å². The number of aromatic nitrogens is 3. The van der Waals surface area contributed by atoms with Gasteiger partial charge in [-0.15, -0.1) is 0 Å². The molecule has 0 aliphatic rings. The number of ether oxygens (including phenoxy) is 1. The van der Waals surface area contributed by atoms with Crippen LogP contribution in [0.1, 0.15) is 11.1 Å². The number of methoxy groups -OCH3 is 1. The van der Waals surface area contributed by atoms with E-state index in [9.17, 15) is 0 Å². The molecule has 2 aromatic carbocycles. The third-order valence-electron chi connectivity index (χ3n) is 4.91. The standard InChI is InChI=1S/C23H23N5O/c1-15-4-7-19(24)11-21(15)17-10-18-13-26-23(27-22(18)25-12-17)28(2)14-16-5-8-20(29-3)9-6-16/h4-13H,14,24H2,1-3H3. The molecular formula is C23H23N5O. The van der Waals surface area contributed by atoms with Crippen molar-refractivity contribution in [3.8, 4) is 16.9 Å². The predicted molar refractivity (Wildman–Crippen MR) is 117 cm³/mol. The highest BCUT2D eigenvalue weighted by atomic mass is 16.5. The lowest BCUT2D eigenvalue weighted by molar-refractivity contribution is 0.414. The predicted octanol–water partition coefficient (Wildman–Crippen LogP) is 4.23. The molecule has 0 radical (unpaired) electrons. The van der Waals surface area contributed by atoms with Gasteiger partial charge in [0.2, 0.25) is 5.95 Å². The summed E-state index contributed by atoms with van der Waals surface area (Å²) in [4.78, 5) is 15.7. The van der Waals surface area contributed by atoms with E-state index < -0.39 is 0 Å². The van der Waals surface area contributed by atoms with Crippen LogP contribution in [0.25, 0.3) is 22.2 Å². The molecule has 146 valence electrons. The van der Waals surface area contributed by atoms with Crippen molar-refractivity contribution in [2.75, 3.05) is 24.8 Å². The zero-order valence-electron chi connectivity index (χ0n) is 16.8. The van der Waals surface area contributed by atoms with Crippen LogP contribution in [0.15, 0.2) is 60.9 Å². The minimum absolute atomic E-state index is 0.633. The average Bonchev–Trinajstić information content (AvgIpc) is 2.75. The second kappa shape index (κ2) is 7.75. The van der Waals surface area contributed by atoms with Crippen molar-refractivity contribution < 1.29 is 4.74 Å². The van der Waals surface area contributed by atoms with Crippen molar-refractivity contribution in [3.05, 3.63) is 72.1 Å². The first kappa shape index (κ1) is 18.7. The Labute approximate surface area is 170 Å². The van der Waals surface area contributed by atoms with Crippen LogP contribution in [0, 0.1) is 6.92 Å². The van der Waals surface area contributed by atoms with Crippen molar-refractivity contribution in [2.45, 2.75) is 13.5 Å². The maximum Gasteiger partial charge on any atom is 0.227 e. The van der Waals surface area contributed by atoms with Gasteiger partial charge in [-0.3, -0.25) is 0 Å². The fourth-order valence-corrected chi connectivity index (χ4v) is 3.27. The molecule has 0 bridgehead atoms. The monoisotopic (exact) mass is 385 g/mol. The summed E-state index contributed by atoms with van der Waals surface area (Å²) in [5.41, 5.74) is 11.7. The van der Waals surface area contributed by atoms with E-state index in [2.05, 4.69) is 27.9 Å². The van der Waals surface area contributed by atoms with Gasteiger partial charge in [-0.1, -0.05) is 18.2 Å². The van der Waals surface area contributed by atoms with Gasteiger partial charge in [0, 0.05) is 42.6 Å². The van der Waals surface area contributed by atoms with Crippen LogP contribution >= 0.6 is 0 Å². The molecule has 0 aliphatic carbocycles. The van der Waals surface area contributed by atoms with Gasteiger partial charge in [0.15, 0.2) is 5.65 Å². The van der Waals surface area contributed by atoms with E-state index in [1.807, 2.05) is 66.8 Å². The number of hydrogen-bond donors (Lipinski definition) is 1. The van der Waals surface area contributed by atoms with Crippen molar-refractivity contribution in [3.63, 3.8) is 0 Å². The maximum absolute atomic E-state index is 5.95. The zero-order chi connectivity index (χ0) is 20.4. The minimum atomic E-state index is 0.633. The maximum atomic E-state index is 5.95. The highest BCUT2D eigenvalue weighted by molar-refractivity contribution is 5.82. The molecule has 0 fully saturated rings. The Morgan fingerprint density at radius 1 is 1.00 bits per heavy atom. The van der Waals surface area contributed by atoms with Crippen LogP contribution in [0.2, 0.25) is 0 Å². The van der Waals surface area contributed by atoms with Gasteiger partial charge in [-0.05, 0) is 53.9 Å². The van der Waals surface area contributed by atoms with E-state index in [0.29, 0.717) is 18.1 Å². The summed E-state index contributed by atoms with van der Waals surface area (Å²) in [6.07, 6.45) is 3.66. The highest BCUT2D eigenvalue weighted by Crippen LogP contribution is 2.27. The smallest absolute Gasteiger partial charge is 0.227 e. The SMILES string of the molecule is COc1ccc(CN(C)c2ncc3cc(-c4cc(N)ccc4C)cnc3n2)cc1. The molecular weight excluding hydrogens is 362 g/mol. The van der Waals surface area contributed by atoms with Crippen LogP contribution in [-0.4, -0.2) is 29.1 Å². The number of nitrogen functional groups attached to an aromatic ring is 1. The molecule has 6 nitrogen and oxygen atoms in total. The van der Waals surface area contributed by atoms with Crippen molar-refractivity contribution in [2.24, 2.45) is 0 Å². The third-order valence-corrected chi connectivity index (χ3v) is 4.91. The van der Waals surface area contributed by atoms with Gasteiger partial charge in [-0.2, -0.15) is 4.98 Å². The molecule has 2 N–H and O–H groups in total. The molecule has 0 aliphatic heterocycles. The van der Waals surface area contributed by atoms with Crippen molar-refractivity contribution >= 4 is 22.7 Å². The van der Waals surface area contributed by atoms with E-state index in [1.165, 1.54) is 0 Å². The van der Waals surface area contributed by atoms with Gasteiger partial charge >= 0.3 is 0 Å².